The van der Waals surface area contributed by atoms with Crippen molar-refractivity contribution in [3.05, 3.63) is 53.8 Å². The normalized spacial score (nSPS) is 10.8. The van der Waals surface area contributed by atoms with Crippen molar-refractivity contribution in [1.82, 2.24) is 9.55 Å². The van der Waals surface area contributed by atoms with Crippen molar-refractivity contribution in [1.29, 1.82) is 0 Å². The smallest absolute Gasteiger partial charge is 0.137 e. The number of hydrogen-bond donors (Lipinski definition) is 0. The van der Waals surface area contributed by atoms with Gasteiger partial charge in [-0.15, -0.1) is 0 Å². The first-order valence-corrected chi connectivity index (χ1v) is 6.04. The maximum Gasteiger partial charge on any atom is 0.137 e. The minimum absolute atomic E-state index is 0.923. The summed E-state index contributed by atoms with van der Waals surface area (Å²) in [6.45, 7) is 10.2. The van der Waals surface area contributed by atoms with E-state index in [1.165, 1.54) is 17.0 Å². The Kier molecular flexibility index (Phi) is 3.32. The molecule has 0 fully saturated rings. The Balaban J connectivity index is 2.52. The third-order valence-electron chi connectivity index (χ3n) is 2.97. The third kappa shape index (κ3) is 2.41. The molecule has 2 nitrogen and oxygen atoms in total. The highest BCUT2D eigenvalue weighted by atomic mass is 15.1. The number of hydrogen-bond acceptors (Lipinski definition) is 1. The number of nitrogens with zero attached hydrogens (tertiary/aromatic N) is 2. The molecule has 0 aliphatic rings. The lowest BCUT2D eigenvalue weighted by molar-refractivity contribution is 0.895. The first-order valence-electron chi connectivity index (χ1n) is 6.04. The van der Waals surface area contributed by atoms with Crippen LogP contribution in [-0.2, 0) is 6.42 Å². The summed E-state index contributed by atoms with van der Waals surface area (Å²) < 4.78 is 2.19. The fourth-order valence-corrected chi connectivity index (χ4v) is 2.21. The second-order valence-electron chi connectivity index (χ2n) is 4.53. The van der Waals surface area contributed by atoms with E-state index in [-0.39, 0.29) is 0 Å². The fraction of sp³-hybridized carbons (Fsp3) is 0.333. The van der Waals surface area contributed by atoms with Crippen LogP contribution in [-0.4, -0.2) is 9.55 Å². The largest absolute Gasteiger partial charge is 0.303 e. The second kappa shape index (κ2) is 4.74. The highest BCUT2D eigenvalue weighted by Crippen LogP contribution is 2.17. The van der Waals surface area contributed by atoms with Crippen molar-refractivity contribution in [2.75, 3.05) is 0 Å². The molecule has 0 spiro atoms. The Morgan fingerprint density at radius 3 is 2.35 bits per heavy atom. The molecule has 2 heterocycles. The van der Waals surface area contributed by atoms with Crippen LogP contribution < -0.4 is 0 Å². The molecule has 2 rings (SSSR count). The van der Waals surface area contributed by atoms with Gasteiger partial charge in [0.05, 0.1) is 0 Å². The Morgan fingerprint density at radius 1 is 1.12 bits per heavy atom. The number of aromatic nitrogens is 2. The van der Waals surface area contributed by atoms with Crippen molar-refractivity contribution in [3.63, 3.8) is 0 Å². The van der Waals surface area contributed by atoms with Gasteiger partial charge in [0.2, 0.25) is 0 Å². The summed E-state index contributed by atoms with van der Waals surface area (Å²) in [5.41, 5.74) is 4.83. The van der Waals surface area contributed by atoms with E-state index < -0.39 is 0 Å². The fourth-order valence-electron chi connectivity index (χ4n) is 2.21. The second-order valence-corrected chi connectivity index (χ2v) is 4.53. The molecule has 0 aliphatic heterocycles. The Hall–Kier alpha value is -1.57. The SMILES string of the molecule is [CH2]CCc1cc(C)nc(-n2c(C)ccc2C)c1. The monoisotopic (exact) mass is 227 g/mol. The molecular weight excluding hydrogens is 208 g/mol. The van der Waals surface area contributed by atoms with Gasteiger partial charge in [0.25, 0.3) is 0 Å². The summed E-state index contributed by atoms with van der Waals surface area (Å²) in [5, 5.41) is 0. The molecule has 17 heavy (non-hydrogen) atoms. The van der Waals surface area contributed by atoms with Gasteiger partial charge in [-0.05, 0) is 63.4 Å². The molecule has 0 aromatic carbocycles. The first kappa shape index (κ1) is 11.9. The lowest BCUT2D eigenvalue weighted by Crippen LogP contribution is -2.04. The van der Waals surface area contributed by atoms with E-state index in [0.29, 0.717) is 0 Å². The molecule has 89 valence electrons. The van der Waals surface area contributed by atoms with Crippen molar-refractivity contribution in [3.8, 4) is 5.82 Å². The van der Waals surface area contributed by atoms with Gasteiger partial charge < -0.3 is 4.57 Å². The molecule has 0 unspecified atom stereocenters. The number of pyridine rings is 1. The lowest BCUT2D eigenvalue weighted by atomic mass is 10.1. The first-order chi connectivity index (χ1) is 8.11. The van der Waals surface area contributed by atoms with Crippen LogP contribution in [0.1, 0.15) is 29.1 Å². The highest BCUT2D eigenvalue weighted by Gasteiger charge is 2.06. The minimum atomic E-state index is 0.923. The van der Waals surface area contributed by atoms with Crippen molar-refractivity contribution < 1.29 is 0 Å². The quantitative estimate of drug-likeness (QED) is 0.784. The van der Waals surface area contributed by atoms with Crippen LogP contribution in [0.15, 0.2) is 24.3 Å². The molecule has 1 radical (unpaired) electrons. The van der Waals surface area contributed by atoms with Crippen molar-refractivity contribution in [2.24, 2.45) is 0 Å². The molecule has 2 aromatic heterocycles. The predicted molar refractivity (Wildman–Crippen MR) is 71.5 cm³/mol. The maximum atomic E-state index is 4.62. The average Bonchev–Trinajstić information content (AvgIpc) is 2.58. The van der Waals surface area contributed by atoms with Gasteiger partial charge in [-0.25, -0.2) is 4.98 Å². The summed E-state index contributed by atoms with van der Waals surface area (Å²) in [6.07, 6.45) is 1.93. The van der Waals surface area contributed by atoms with Gasteiger partial charge in [0.1, 0.15) is 5.82 Å². The van der Waals surface area contributed by atoms with E-state index in [0.717, 1.165) is 24.4 Å². The van der Waals surface area contributed by atoms with Gasteiger partial charge in [0.15, 0.2) is 0 Å². The summed E-state index contributed by atoms with van der Waals surface area (Å²) in [7, 11) is 0. The minimum Gasteiger partial charge on any atom is -0.303 e. The molecule has 0 amide bonds. The Labute approximate surface area is 103 Å². The number of rotatable bonds is 3. The molecule has 0 bridgehead atoms. The summed E-state index contributed by atoms with van der Waals surface area (Å²) in [6, 6.07) is 8.56. The van der Waals surface area contributed by atoms with E-state index in [1.807, 2.05) is 6.92 Å². The molecular formula is C15H19N2. The zero-order valence-electron chi connectivity index (χ0n) is 10.8. The van der Waals surface area contributed by atoms with E-state index in [9.17, 15) is 0 Å². The van der Waals surface area contributed by atoms with Gasteiger partial charge in [-0.2, -0.15) is 0 Å². The Morgan fingerprint density at radius 2 is 1.76 bits per heavy atom. The van der Waals surface area contributed by atoms with Gasteiger partial charge >= 0.3 is 0 Å². The highest BCUT2D eigenvalue weighted by molar-refractivity contribution is 5.36. The standard InChI is InChI=1S/C15H19N2/c1-5-6-14-9-11(2)16-15(10-14)17-12(3)7-8-13(17)4/h7-10H,1,5-6H2,2-4H3. The van der Waals surface area contributed by atoms with Gasteiger partial charge in [-0.1, -0.05) is 6.92 Å². The van der Waals surface area contributed by atoms with E-state index >= 15 is 0 Å². The van der Waals surface area contributed by atoms with Crippen LogP contribution >= 0.6 is 0 Å². The van der Waals surface area contributed by atoms with E-state index in [1.54, 1.807) is 0 Å². The maximum absolute atomic E-state index is 4.62. The van der Waals surface area contributed by atoms with Gasteiger partial charge in [-0.3, -0.25) is 0 Å². The zero-order valence-corrected chi connectivity index (χ0v) is 10.8. The summed E-state index contributed by atoms with van der Waals surface area (Å²) >= 11 is 0. The molecule has 2 heteroatoms. The average molecular weight is 227 g/mol. The van der Waals surface area contributed by atoms with Crippen LogP contribution in [0.25, 0.3) is 5.82 Å². The van der Waals surface area contributed by atoms with Gasteiger partial charge in [0, 0.05) is 17.1 Å². The van der Waals surface area contributed by atoms with Crippen LogP contribution in [0.3, 0.4) is 0 Å². The topological polar surface area (TPSA) is 17.8 Å². The molecule has 0 aliphatic carbocycles. The van der Waals surface area contributed by atoms with Crippen molar-refractivity contribution in [2.45, 2.75) is 33.6 Å². The van der Waals surface area contributed by atoms with Crippen LogP contribution in [0.4, 0.5) is 0 Å². The van der Waals surface area contributed by atoms with Crippen LogP contribution in [0.5, 0.6) is 0 Å². The number of aryl methyl sites for hydroxylation is 4. The van der Waals surface area contributed by atoms with Crippen LogP contribution in [0, 0.1) is 27.7 Å². The molecule has 0 N–H and O–H groups in total. The summed E-state index contributed by atoms with van der Waals surface area (Å²) in [5.74, 6) is 1.02. The zero-order chi connectivity index (χ0) is 12.4. The molecule has 0 saturated heterocycles. The van der Waals surface area contributed by atoms with Crippen molar-refractivity contribution >= 4 is 0 Å². The summed E-state index contributed by atoms with van der Waals surface area (Å²) in [4.78, 5) is 4.62. The predicted octanol–water partition coefficient (Wildman–Crippen LogP) is 3.56. The lowest BCUT2D eigenvalue weighted by Gasteiger charge is -2.11. The molecule has 0 saturated carbocycles. The van der Waals surface area contributed by atoms with E-state index in [2.05, 4.69) is 54.6 Å². The Bertz CT molecular complexity index is 504. The molecule has 0 atom stereocenters. The van der Waals surface area contributed by atoms with Crippen LogP contribution in [0.2, 0.25) is 0 Å². The van der Waals surface area contributed by atoms with E-state index in [4.69, 9.17) is 0 Å². The third-order valence-corrected chi connectivity index (χ3v) is 2.97. The molecule has 2 aromatic rings.